The first kappa shape index (κ1) is 14.5. The van der Waals surface area contributed by atoms with Crippen molar-refractivity contribution >= 4 is 46.4 Å². The Bertz CT molecular complexity index is 851. The monoisotopic (exact) mass is 336 g/mol. The molecular weight excluding hydrogens is 331 g/mol. The lowest BCUT2D eigenvalue weighted by Gasteiger charge is -2.15. The topological polar surface area (TPSA) is 80.5 Å². The molecule has 110 valence electrons. The second-order valence-electron chi connectivity index (χ2n) is 4.53. The molecule has 6 nitrogen and oxygen atoms in total. The number of rotatable bonds is 2. The largest absolute Gasteiger partial charge is 0.270 e. The van der Waals surface area contributed by atoms with Crippen LogP contribution in [0.2, 0.25) is 10.0 Å². The molecule has 8 heteroatoms. The van der Waals surface area contributed by atoms with Gasteiger partial charge in [-0.1, -0.05) is 23.2 Å². The van der Waals surface area contributed by atoms with Gasteiger partial charge in [0.2, 0.25) is 0 Å². The summed E-state index contributed by atoms with van der Waals surface area (Å²) in [4.78, 5) is 35.8. The van der Waals surface area contributed by atoms with E-state index in [-0.39, 0.29) is 27.5 Å². The van der Waals surface area contributed by atoms with Crippen molar-refractivity contribution in [1.82, 2.24) is 0 Å². The number of imide groups is 1. The third kappa shape index (κ3) is 2.13. The molecule has 0 radical (unpaired) electrons. The van der Waals surface area contributed by atoms with Crippen LogP contribution in [-0.2, 0) is 0 Å². The summed E-state index contributed by atoms with van der Waals surface area (Å²) < 4.78 is 0. The Kier molecular flexibility index (Phi) is 3.35. The number of nitrogens with zero attached hydrogens (tertiary/aromatic N) is 2. The molecule has 0 spiro atoms. The van der Waals surface area contributed by atoms with Crippen molar-refractivity contribution in [3.8, 4) is 0 Å². The Morgan fingerprint density at radius 2 is 1.64 bits per heavy atom. The highest BCUT2D eigenvalue weighted by Gasteiger charge is 2.38. The highest BCUT2D eigenvalue weighted by Crippen LogP contribution is 2.35. The average Bonchev–Trinajstić information content (AvgIpc) is 2.73. The first-order valence-corrected chi connectivity index (χ1v) is 6.78. The molecular formula is C14H6Cl2N2O4. The van der Waals surface area contributed by atoms with Gasteiger partial charge in [-0.05, 0) is 24.3 Å². The molecule has 0 unspecified atom stereocenters. The maximum Gasteiger partial charge on any atom is 0.270 e. The molecule has 0 aliphatic carbocycles. The van der Waals surface area contributed by atoms with Crippen LogP contribution in [0.3, 0.4) is 0 Å². The maximum atomic E-state index is 12.4. The predicted octanol–water partition coefficient (Wildman–Crippen LogP) is 3.70. The van der Waals surface area contributed by atoms with Crippen LogP contribution in [0, 0.1) is 10.1 Å². The van der Waals surface area contributed by atoms with Gasteiger partial charge >= 0.3 is 0 Å². The van der Waals surface area contributed by atoms with Gasteiger partial charge in [0.15, 0.2) is 0 Å². The smallest absolute Gasteiger partial charge is 0.268 e. The quantitative estimate of drug-likeness (QED) is 0.475. The van der Waals surface area contributed by atoms with Crippen molar-refractivity contribution in [3.63, 3.8) is 0 Å². The van der Waals surface area contributed by atoms with Crippen molar-refractivity contribution < 1.29 is 14.5 Å². The molecule has 2 amide bonds. The number of halogens is 2. The van der Waals surface area contributed by atoms with E-state index in [0.717, 1.165) is 11.0 Å². The van der Waals surface area contributed by atoms with E-state index in [2.05, 4.69) is 0 Å². The number of fused-ring (bicyclic) bond motifs is 1. The molecule has 0 saturated carbocycles. The Hall–Kier alpha value is -2.44. The van der Waals surface area contributed by atoms with Crippen LogP contribution in [0.25, 0.3) is 0 Å². The fraction of sp³-hybridized carbons (Fsp3) is 0. The third-order valence-corrected chi connectivity index (χ3v) is 3.78. The lowest BCUT2D eigenvalue weighted by Crippen LogP contribution is -2.29. The highest BCUT2D eigenvalue weighted by molar-refractivity contribution is 6.40. The van der Waals surface area contributed by atoms with Crippen molar-refractivity contribution in [2.45, 2.75) is 0 Å². The van der Waals surface area contributed by atoms with Gasteiger partial charge in [-0.15, -0.1) is 0 Å². The maximum absolute atomic E-state index is 12.4. The van der Waals surface area contributed by atoms with Gasteiger partial charge in [-0.25, -0.2) is 4.90 Å². The van der Waals surface area contributed by atoms with Crippen LogP contribution >= 0.6 is 23.2 Å². The van der Waals surface area contributed by atoms with Gasteiger partial charge < -0.3 is 0 Å². The number of amides is 2. The van der Waals surface area contributed by atoms with Gasteiger partial charge in [0.05, 0.1) is 26.8 Å². The molecule has 1 aliphatic rings. The minimum absolute atomic E-state index is 0.0322. The van der Waals surface area contributed by atoms with E-state index in [1.54, 1.807) is 0 Å². The molecule has 0 aromatic heterocycles. The average molecular weight is 337 g/mol. The molecule has 1 heterocycles. The first-order chi connectivity index (χ1) is 10.4. The van der Waals surface area contributed by atoms with Crippen LogP contribution < -0.4 is 4.90 Å². The Morgan fingerprint density at radius 3 is 2.32 bits per heavy atom. The van der Waals surface area contributed by atoms with Gasteiger partial charge in [-0.3, -0.25) is 19.7 Å². The summed E-state index contributed by atoms with van der Waals surface area (Å²) in [7, 11) is 0. The Labute approximate surface area is 134 Å². The second-order valence-corrected chi connectivity index (χ2v) is 5.37. The minimum atomic E-state index is -0.673. The van der Waals surface area contributed by atoms with Crippen LogP contribution in [0.5, 0.6) is 0 Å². The van der Waals surface area contributed by atoms with E-state index in [1.807, 2.05) is 0 Å². The number of hydrogen-bond acceptors (Lipinski definition) is 4. The minimum Gasteiger partial charge on any atom is -0.268 e. The zero-order valence-corrected chi connectivity index (χ0v) is 12.3. The summed E-state index contributed by atoms with van der Waals surface area (Å²) in [6, 6.07) is 7.88. The number of carbonyl (C=O) groups excluding carboxylic acids is 2. The zero-order chi connectivity index (χ0) is 16.0. The van der Waals surface area contributed by atoms with Crippen molar-refractivity contribution in [2.75, 3.05) is 4.90 Å². The van der Waals surface area contributed by atoms with Crippen LogP contribution in [0.15, 0.2) is 36.4 Å². The Balaban J connectivity index is 2.14. The van der Waals surface area contributed by atoms with Gasteiger partial charge in [-0.2, -0.15) is 0 Å². The van der Waals surface area contributed by atoms with E-state index >= 15 is 0 Å². The number of nitro groups is 1. The molecule has 0 atom stereocenters. The zero-order valence-electron chi connectivity index (χ0n) is 10.7. The van der Waals surface area contributed by atoms with E-state index in [9.17, 15) is 19.7 Å². The summed E-state index contributed by atoms with van der Waals surface area (Å²) in [6.07, 6.45) is 0. The molecule has 0 N–H and O–H groups in total. The van der Waals surface area contributed by atoms with E-state index in [4.69, 9.17) is 23.2 Å². The Morgan fingerprint density at radius 1 is 0.955 bits per heavy atom. The van der Waals surface area contributed by atoms with E-state index in [0.29, 0.717) is 5.02 Å². The highest BCUT2D eigenvalue weighted by atomic mass is 35.5. The fourth-order valence-corrected chi connectivity index (χ4v) is 2.59. The van der Waals surface area contributed by atoms with Crippen LogP contribution in [0.1, 0.15) is 20.7 Å². The van der Waals surface area contributed by atoms with E-state index in [1.165, 1.54) is 30.3 Å². The number of hydrogen-bond donors (Lipinski definition) is 0. The first-order valence-electron chi connectivity index (χ1n) is 6.02. The molecule has 1 aliphatic heterocycles. The number of non-ortho nitro benzene ring substituents is 1. The van der Waals surface area contributed by atoms with Gasteiger partial charge in [0.25, 0.3) is 17.5 Å². The SMILES string of the molecule is O=C1c2ccc([N+](=O)[O-])cc2C(=O)N1c1cc(Cl)ccc1Cl. The standard InChI is InChI=1S/C14H6Cl2N2O4/c15-7-1-4-11(16)12(5-7)17-13(19)9-3-2-8(18(21)22)6-10(9)14(17)20/h1-6H. The van der Waals surface area contributed by atoms with Crippen molar-refractivity contribution in [1.29, 1.82) is 0 Å². The lowest BCUT2D eigenvalue weighted by molar-refractivity contribution is -0.384. The summed E-state index contributed by atoms with van der Waals surface area (Å²) in [5.74, 6) is -1.27. The number of carbonyl (C=O) groups is 2. The number of benzene rings is 2. The third-order valence-electron chi connectivity index (χ3n) is 3.23. The van der Waals surface area contributed by atoms with E-state index < -0.39 is 16.7 Å². The summed E-state index contributed by atoms with van der Waals surface area (Å²) in [6.45, 7) is 0. The van der Waals surface area contributed by atoms with Gasteiger partial charge in [0, 0.05) is 17.2 Å². The molecule has 3 rings (SSSR count). The van der Waals surface area contributed by atoms with Crippen molar-refractivity contribution in [3.05, 3.63) is 67.7 Å². The van der Waals surface area contributed by atoms with Crippen LogP contribution in [0.4, 0.5) is 11.4 Å². The molecule has 2 aromatic rings. The molecule has 0 saturated heterocycles. The van der Waals surface area contributed by atoms with Crippen molar-refractivity contribution in [2.24, 2.45) is 0 Å². The summed E-state index contributed by atoms with van der Waals surface area (Å²) in [5.41, 5.74) is -0.0659. The molecule has 0 bridgehead atoms. The predicted molar refractivity (Wildman–Crippen MR) is 80.7 cm³/mol. The van der Waals surface area contributed by atoms with Crippen LogP contribution in [-0.4, -0.2) is 16.7 Å². The fourth-order valence-electron chi connectivity index (χ4n) is 2.22. The molecule has 22 heavy (non-hydrogen) atoms. The second kappa shape index (κ2) is 5.08. The normalized spacial score (nSPS) is 13.5. The van der Waals surface area contributed by atoms with Gasteiger partial charge in [0.1, 0.15) is 0 Å². The summed E-state index contributed by atoms with van der Waals surface area (Å²) >= 11 is 11.9. The number of nitro benzene ring substituents is 1. The summed E-state index contributed by atoms with van der Waals surface area (Å²) in [5, 5.41) is 11.3. The number of anilines is 1. The lowest BCUT2D eigenvalue weighted by atomic mass is 10.1. The molecule has 2 aromatic carbocycles. The molecule has 0 fully saturated rings.